The van der Waals surface area contributed by atoms with Crippen molar-refractivity contribution in [3.63, 3.8) is 0 Å². The number of ether oxygens (including phenoxy) is 1. The van der Waals surface area contributed by atoms with Gasteiger partial charge in [0.2, 0.25) is 0 Å². The fourth-order valence-electron chi connectivity index (χ4n) is 4.44. The summed E-state index contributed by atoms with van der Waals surface area (Å²) in [7, 11) is 0. The van der Waals surface area contributed by atoms with E-state index < -0.39 is 0 Å². The zero-order valence-corrected chi connectivity index (χ0v) is 14.0. The standard InChI is InChI=1S/C17H33NO2/c1-6-18(7-2)11-14(19)12-20-15-10-13-8-9-17(15,5)16(13,3)4/h13-15,19H,6-12H2,1-5H3/t13-,14-,15+,17-/m1/s1. The molecule has 118 valence electrons. The largest absolute Gasteiger partial charge is 0.389 e. The zero-order chi connectivity index (χ0) is 15.0. The summed E-state index contributed by atoms with van der Waals surface area (Å²) in [5, 5.41) is 10.2. The van der Waals surface area contributed by atoms with E-state index >= 15 is 0 Å². The number of nitrogens with zero attached hydrogens (tertiary/aromatic N) is 1. The molecule has 0 amide bonds. The molecule has 0 aromatic carbocycles. The van der Waals surface area contributed by atoms with Crippen molar-refractivity contribution < 1.29 is 9.84 Å². The minimum atomic E-state index is -0.360. The van der Waals surface area contributed by atoms with Crippen LogP contribution < -0.4 is 0 Å². The van der Waals surface area contributed by atoms with Gasteiger partial charge in [0, 0.05) is 6.54 Å². The van der Waals surface area contributed by atoms with E-state index in [-0.39, 0.29) is 6.10 Å². The van der Waals surface area contributed by atoms with Gasteiger partial charge >= 0.3 is 0 Å². The Labute approximate surface area is 124 Å². The molecule has 20 heavy (non-hydrogen) atoms. The molecule has 2 aliphatic carbocycles. The highest BCUT2D eigenvalue weighted by Crippen LogP contribution is 2.66. The summed E-state index contributed by atoms with van der Waals surface area (Å²) in [5.74, 6) is 0.803. The predicted molar refractivity (Wildman–Crippen MR) is 82.8 cm³/mol. The highest BCUT2D eigenvalue weighted by Gasteiger charge is 2.61. The van der Waals surface area contributed by atoms with E-state index in [0.717, 1.165) is 25.6 Å². The molecule has 2 rings (SSSR count). The van der Waals surface area contributed by atoms with Crippen LogP contribution in [-0.2, 0) is 4.74 Å². The average molecular weight is 283 g/mol. The molecule has 2 saturated carbocycles. The molecule has 0 spiro atoms. The Kier molecular flexibility index (Phi) is 4.83. The maximum Gasteiger partial charge on any atom is 0.0900 e. The lowest BCUT2D eigenvalue weighted by Gasteiger charge is -2.39. The Balaban J connectivity index is 1.84. The fourth-order valence-corrected chi connectivity index (χ4v) is 4.44. The van der Waals surface area contributed by atoms with Crippen molar-refractivity contribution in [3.8, 4) is 0 Å². The number of fused-ring (bicyclic) bond motifs is 2. The second kappa shape index (κ2) is 5.94. The summed E-state index contributed by atoms with van der Waals surface area (Å²) in [5.41, 5.74) is 0.689. The molecular formula is C17H33NO2. The monoisotopic (exact) mass is 283 g/mol. The van der Waals surface area contributed by atoms with Gasteiger partial charge in [-0.05, 0) is 49.1 Å². The summed E-state index contributed by atoms with van der Waals surface area (Å²) in [6.45, 7) is 14.7. The third-order valence-corrected chi connectivity index (χ3v) is 6.57. The first-order valence-electron chi connectivity index (χ1n) is 8.37. The molecule has 4 atom stereocenters. The van der Waals surface area contributed by atoms with Crippen LogP contribution in [0.3, 0.4) is 0 Å². The SMILES string of the molecule is CCN(CC)C[C@@H](O)CO[C@H]1C[C@H]2CC[C@@]1(C)C2(C)C. The number of hydrogen-bond donors (Lipinski definition) is 1. The first-order chi connectivity index (χ1) is 9.35. The molecule has 3 nitrogen and oxygen atoms in total. The first kappa shape index (κ1) is 16.3. The van der Waals surface area contributed by atoms with Crippen molar-refractivity contribution in [1.29, 1.82) is 0 Å². The molecule has 0 unspecified atom stereocenters. The predicted octanol–water partition coefficient (Wildman–Crippen LogP) is 2.92. The van der Waals surface area contributed by atoms with Crippen LogP contribution in [0.25, 0.3) is 0 Å². The van der Waals surface area contributed by atoms with Crippen molar-refractivity contribution in [3.05, 3.63) is 0 Å². The molecule has 0 saturated heterocycles. The van der Waals surface area contributed by atoms with Gasteiger partial charge in [0.05, 0.1) is 18.8 Å². The normalized spacial score (nSPS) is 36.8. The molecule has 2 bridgehead atoms. The van der Waals surface area contributed by atoms with Crippen molar-refractivity contribution in [2.75, 3.05) is 26.2 Å². The van der Waals surface area contributed by atoms with Crippen LogP contribution in [0.2, 0.25) is 0 Å². The van der Waals surface area contributed by atoms with E-state index in [2.05, 4.69) is 39.5 Å². The van der Waals surface area contributed by atoms with Crippen LogP contribution in [0, 0.1) is 16.7 Å². The minimum absolute atomic E-state index is 0.298. The van der Waals surface area contributed by atoms with Crippen LogP contribution in [0.5, 0.6) is 0 Å². The van der Waals surface area contributed by atoms with E-state index in [9.17, 15) is 5.11 Å². The topological polar surface area (TPSA) is 32.7 Å². The van der Waals surface area contributed by atoms with Crippen molar-refractivity contribution in [1.82, 2.24) is 4.90 Å². The number of aliphatic hydroxyl groups excluding tert-OH is 1. The van der Waals surface area contributed by atoms with Crippen molar-refractivity contribution in [2.45, 2.75) is 66.1 Å². The maximum atomic E-state index is 10.2. The fraction of sp³-hybridized carbons (Fsp3) is 1.00. The second-order valence-corrected chi connectivity index (χ2v) is 7.57. The number of rotatable bonds is 7. The highest BCUT2D eigenvalue weighted by molar-refractivity contribution is 5.11. The molecule has 0 aromatic heterocycles. The molecule has 2 aliphatic rings. The Morgan fingerprint density at radius 3 is 2.35 bits per heavy atom. The molecule has 3 heteroatoms. The van der Waals surface area contributed by atoms with Gasteiger partial charge in [-0.15, -0.1) is 0 Å². The van der Waals surface area contributed by atoms with Crippen LogP contribution >= 0.6 is 0 Å². The van der Waals surface area contributed by atoms with Gasteiger partial charge < -0.3 is 14.7 Å². The highest BCUT2D eigenvalue weighted by atomic mass is 16.5. The Hall–Kier alpha value is -0.120. The van der Waals surface area contributed by atoms with Crippen molar-refractivity contribution in [2.24, 2.45) is 16.7 Å². The molecule has 2 fully saturated rings. The van der Waals surface area contributed by atoms with Gasteiger partial charge in [0.1, 0.15) is 0 Å². The molecule has 0 heterocycles. The first-order valence-corrected chi connectivity index (χ1v) is 8.37. The van der Waals surface area contributed by atoms with Gasteiger partial charge in [-0.1, -0.05) is 34.6 Å². The second-order valence-electron chi connectivity index (χ2n) is 7.57. The van der Waals surface area contributed by atoms with E-state index in [1.807, 2.05) is 0 Å². The smallest absolute Gasteiger partial charge is 0.0900 e. The Morgan fingerprint density at radius 1 is 1.25 bits per heavy atom. The summed E-state index contributed by atoms with van der Waals surface area (Å²) < 4.78 is 6.15. The summed E-state index contributed by atoms with van der Waals surface area (Å²) in [4.78, 5) is 2.25. The van der Waals surface area contributed by atoms with Crippen molar-refractivity contribution >= 4 is 0 Å². The van der Waals surface area contributed by atoms with Gasteiger partial charge in [-0.3, -0.25) is 0 Å². The molecule has 0 radical (unpaired) electrons. The van der Waals surface area contributed by atoms with Crippen LogP contribution in [0.4, 0.5) is 0 Å². The van der Waals surface area contributed by atoms with Gasteiger partial charge in [0.15, 0.2) is 0 Å². The van der Waals surface area contributed by atoms with Gasteiger partial charge in [-0.25, -0.2) is 0 Å². The number of aliphatic hydroxyl groups is 1. The number of hydrogen-bond acceptors (Lipinski definition) is 3. The zero-order valence-electron chi connectivity index (χ0n) is 14.0. The van der Waals surface area contributed by atoms with Gasteiger partial charge in [-0.2, -0.15) is 0 Å². The maximum absolute atomic E-state index is 10.2. The number of likely N-dealkylation sites (N-methyl/N-ethyl adjacent to an activating group) is 1. The molecule has 0 aromatic rings. The molecule has 1 N–H and O–H groups in total. The quantitative estimate of drug-likeness (QED) is 0.780. The van der Waals surface area contributed by atoms with E-state index in [0.29, 0.717) is 23.5 Å². The Morgan fingerprint density at radius 2 is 1.90 bits per heavy atom. The minimum Gasteiger partial charge on any atom is -0.389 e. The third kappa shape index (κ3) is 2.65. The lowest BCUT2D eigenvalue weighted by Crippen LogP contribution is -2.40. The lowest BCUT2D eigenvalue weighted by atomic mass is 9.70. The molecule has 0 aliphatic heterocycles. The summed E-state index contributed by atoms with van der Waals surface area (Å²) in [6.07, 6.45) is 3.79. The lowest BCUT2D eigenvalue weighted by molar-refractivity contribution is -0.0789. The van der Waals surface area contributed by atoms with Gasteiger partial charge in [0.25, 0.3) is 0 Å². The summed E-state index contributed by atoms with van der Waals surface area (Å²) >= 11 is 0. The van der Waals surface area contributed by atoms with E-state index in [1.54, 1.807) is 0 Å². The molecular weight excluding hydrogens is 250 g/mol. The third-order valence-electron chi connectivity index (χ3n) is 6.57. The van der Waals surface area contributed by atoms with Crippen LogP contribution in [-0.4, -0.2) is 48.5 Å². The van der Waals surface area contributed by atoms with E-state index in [1.165, 1.54) is 19.3 Å². The Bertz CT molecular complexity index is 327. The van der Waals surface area contributed by atoms with Crippen LogP contribution in [0.15, 0.2) is 0 Å². The average Bonchev–Trinajstić information content (AvgIpc) is 2.75. The van der Waals surface area contributed by atoms with Crippen LogP contribution in [0.1, 0.15) is 53.9 Å². The summed E-state index contributed by atoms with van der Waals surface area (Å²) in [6, 6.07) is 0. The van der Waals surface area contributed by atoms with E-state index in [4.69, 9.17) is 4.74 Å².